The molecule has 2 N–H and O–H groups in total. The maximum Gasteiger partial charge on any atom is 0.510 e. The average Bonchev–Trinajstić information content (AvgIpc) is 3.37. The van der Waals surface area contributed by atoms with E-state index in [1.807, 2.05) is 6.08 Å². The van der Waals surface area contributed by atoms with Crippen LogP contribution in [0.5, 0.6) is 0 Å². The summed E-state index contributed by atoms with van der Waals surface area (Å²) in [5, 5.41) is 20.4. The van der Waals surface area contributed by atoms with Crippen LogP contribution in [0.25, 0.3) is 0 Å². The molecule has 146 valence electrons. The molecule has 0 aromatic rings. The number of hydrogen-bond acceptors (Lipinski definition) is 4. The molecule has 5 aliphatic rings. The molecule has 0 aliphatic heterocycles. The number of ether oxygens (including phenoxy) is 1. The molecule has 4 fully saturated rings. The molecule has 0 spiro atoms. The van der Waals surface area contributed by atoms with E-state index in [-0.39, 0.29) is 11.3 Å². The smallest absolute Gasteiger partial charge is 0.449 e. The molecule has 0 aromatic carbocycles. The third kappa shape index (κ3) is 2.33. The third-order valence-electron chi connectivity index (χ3n) is 8.82. The van der Waals surface area contributed by atoms with Crippen molar-refractivity contribution in [1.29, 1.82) is 0 Å². The van der Waals surface area contributed by atoms with Crippen LogP contribution >= 0.6 is 0 Å². The van der Waals surface area contributed by atoms with Crippen molar-refractivity contribution < 1.29 is 24.5 Å². The van der Waals surface area contributed by atoms with E-state index in [4.69, 9.17) is 5.11 Å². The second kappa shape index (κ2) is 5.69. The number of fused-ring (bicyclic) bond motifs is 7. The van der Waals surface area contributed by atoms with Crippen molar-refractivity contribution in [2.75, 3.05) is 0 Å². The van der Waals surface area contributed by atoms with Crippen molar-refractivity contribution in [1.82, 2.24) is 0 Å². The fourth-order valence-corrected chi connectivity index (χ4v) is 7.74. The van der Waals surface area contributed by atoms with Gasteiger partial charge in [0.25, 0.3) is 0 Å². The Morgan fingerprint density at radius 2 is 2.04 bits per heavy atom. The SMILES string of the molecule is C[C@]12CC[C@H]3[C@@H](CCC4=CC(=O)CC[C@@H]43)[C@@H]1[C@@H]1C[C@@H]1[C@@]2(O)/C=C\OC(=O)O. The molecule has 0 saturated heterocycles. The van der Waals surface area contributed by atoms with E-state index in [1.165, 1.54) is 11.8 Å². The maximum absolute atomic E-state index is 11.8. The molecule has 4 saturated carbocycles. The Bertz CT molecular complexity index is 754. The van der Waals surface area contributed by atoms with Crippen LogP contribution in [0.15, 0.2) is 24.0 Å². The molecule has 5 aliphatic carbocycles. The minimum absolute atomic E-state index is 0.216. The van der Waals surface area contributed by atoms with Crippen LogP contribution in [0.4, 0.5) is 4.79 Å². The van der Waals surface area contributed by atoms with Crippen LogP contribution in [-0.2, 0) is 9.53 Å². The van der Waals surface area contributed by atoms with E-state index in [1.54, 1.807) is 6.08 Å². The Labute approximate surface area is 159 Å². The van der Waals surface area contributed by atoms with E-state index in [0.29, 0.717) is 41.8 Å². The highest BCUT2D eigenvalue weighted by Gasteiger charge is 2.75. The molecule has 0 bridgehead atoms. The van der Waals surface area contributed by atoms with E-state index < -0.39 is 11.8 Å². The van der Waals surface area contributed by atoms with Gasteiger partial charge in [0.05, 0.1) is 11.9 Å². The van der Waals surface area contributed by atoms with Crippen molar-refractivity contribution in [3.05, 3.63) is 24.0 Å². The minimum atomic E-state index is -1.34. The van der Waals surface area contributed by atoms with Crippen LogP contribution < -0.4 is 0 Å². The lowest BCUT2D eigenvalue weighted by molar-refractivity contribution is -0.119. The summed E-state index contributed by atoms with van der Waals surface area (Å²) < 4.78 is 4.58. The molecular formula is C22H28O5. The Balaban J connectivity index is 1.44. The summed E-state index contributed by atoms with van der Waals surface area (Å²) in [5.41, 5.74) is 0.194. The number of rotatable bonds is 2. The molecule has 27 heavy (non-hydrogen) atoms. The summed E-state index contributed by atoms with van der Waals surface area (Å²) in [7, 11) is 0. The fourth-order valence-electron chi connectivity index (χ4n) is 7.74. The highest BCUT2D eigenvalue weighted by Crippen LogP contribution is 2.76. The van der Waals surface area contributed by atoms with Gasteiger partial charge in [-0.1, -0.05) is 12.5 Å². The van der Waals surface area contributed by atoms with Gasteiger partial charge in [-0.2, -0.15) is 0 Å². The number of carboxylic acid groups (broad SMARTS) is 1. The minimum Gasteiger partial charge on any atom is -0.449 e. The Morgan fingerprint density at radius 1 is 1.22 bits per heavy atom. The molecule has 0 amide bonds. The standard InChI is InChI=1S/C22H28O5/c1-21-7-6-15-14-5-3-13(23)10-12(14)2-4-16(15)19(21)17-11-18(17)22(21,26)8-9-27-20(24)25/h8-10,14-19,26H,2-7,11H2,1H3,(H,24,25)/b9-8-/t14-,15+,16+,17+,18-,19+,21-,22-/m0/s1. The summed E-state index contributed by atoms with van der Waals surface area (Å²) in [4.78, 5) is 22.5. The first-order valence-electron chi connectivity index (χ1n) is 10.4. The van der Waals surface area contributed by atoms with E-state index in [9.17, 15) is 14.7 Å². The Kier molecular flexibility index (Phi) is 3.69. The number of hydrogen-bond donors (Lipinski definition) is 2. The lowest BCUT2D eigenvalue weighted by Crippen LogP contribution is -2.54. The summed E-state index contributed by atoms with van der Waals surface area (Å²) in [5.74, 6) is 3.35. The van der Waals surface area contributed by atoms with Gasteiger partial charge in [-0.15, -0.1) is 0 Å². The number of carbonyl (C=O) groups is 2. The average molecular weight is 372 g/mol. The van der Waals surface area contributed by atoms with Gasteiger partial charge >= 0.3 is 6.16 Å². The maximum atomic E-state index is 11.8. The number of aliphatic hydroxyl groups is 1. The molecule has 0 radical (unpaired) electrons. The molecule has 0 aromatic heterocycles. The first kappa shape index (κ1) is 17.5. The molecule has 5 nitrogen and oxygen atoms in total. The van der Waals surface area contributed by atoms with Crippen LogP contribution in [-0.4, -0.2) is 27.8 Å². The van der Waals surface area contributed by atoms with Crippen molar-refractivity contribution in [2.45, 2.75) is 57.5 Å². The predicted octanol–water partition coefficient (Wildman–Crippen LogP) is 3.92. The Morgan fingerprint density at radius 3 is 2.81 bits per heavy atom. The van der Waals surface area contributed by atoms with Gasteiger partial charge in [0.2, 0.25) is 0 Å². The monoisotopic (exact) mass is 372 g/mol. The molecule has 5 heteroatoms. The van der Waals surface area contributed by atoms with Crippen LogP contribution in [0, 0.1) is 40.9 Å². The lowest BCUT2D eigenvalue weighted by atomic mass is 9.49. The van der Waals surface area contributed by atoms with Gasteiger partial charge < -0.3 is 14.9 Å². The largest absolute Gasteiger partial charge is 0.510 e. The van der Waals surface area contributed by atoms with Crippen LogP contribution in [0.2, 0.25) is 0 Å². The van der Waals surface area contributed by atoms with E-state index >= 15 is 0 Å². The number of carbonyl (C=O) groups excluding carboxylic acids is 1. The summed E-state index contributed by atoms with van der Waals surface area (Å²) >= 11 is 0. The van der Waals surface area contributed by atoms with Crippen molar-refractivity contribution in [2.24, 2.45) is 40.9 Å². The van der Waals surface area contributed by atoms with Crippen LogP contribution in [0.1, 0.15) is 51.9 Å². The molecule has 0 unspecified atom stereocenters. The van der Waals surface area contributed by atoms with Gasteiger partial charge in [-0.25, -0.2) is 4.79 Å². The quantitative estimate of drug-likeness (QED) is 0.567. The van der Waals surface area contributed by atoms with Gasteiger partial charge in [-0.05, 0) is 86.2 Å². The third-order valence-corrected chi connectivity index (χ3v) is 8.82. The zero-order valence-electron chi connectivity index (χ0n) is 15.8. The highest BCUT2D eigenvalue weighted by molar-refractivity contribution is 5.91. The van der Waals surface area contributed by atoms with Gasteiger partial charge in [0.15, 0.2) is 5.78 Å². The predicted molar refractivity (Wildman–Crippen MR) is 97.7 cm³/mol. The van der Waals surface area contributed by atoms with Gasteiger partial charge in [0, 0.05) is 11.8 Å². The van der Waals surface area contributed by atoms with E-state index in [0.717, 1.165) is 38.5 Å². The second-order valence-corrected chi connectivity index (χ2v) is 9.70. The summed E-state index contributed by atoms with van der Waals surface area (Å²) in [6.07, 6.45) is 10.3. The summed E-state index contributed by atoms with van der Waals surface area (Å²) in [6.45, 7) is 2.21. The summed E-state index contributed by atoms with van der Waals surface area (Å²) in [6, 6.07) is 0. The second-order valence-electron chi connectivity index (χ2n) is 9.70. The molecular weight excluding hydrogens is 344 g/mol. The normalized spacial score (nSPS) is 50.3. The van der Waals surface area contributed by atoms with Gasteiger partial charge in [0.1, 0.15) is 0 Å². The zero-order chi connectivity index (χ0) is 19.0. The molecule has 8 atom stereocenters. The zero-order valence-corrected chi connectivity index (χ0v) is 15.8. The first-order valence-corrected chi connectivity index (χ1v) is 10.4. The van der Waals surface area contributed by atoms with Crippen molar-refractivity contribution >= 4 is 11.9 Å². The molecule has 5 rings (SSSR count). The number of allylic oxidation sites excluding steroid dienone is 1. The highest BCUT2D eigenvalue weighted by atomic mass is 16.7. The lowest BCUT2D eigenvalue weighted by Gasteiger charge is -2.56. The number of ketones is 1. The van der Waals surface area contributed by atoms with Crippen molar-refractivity contribution in [3.8, 4) is 0 Å². The first-order chi connectivity index (χ1) is 12.8. The van der Waals surface area contributed by atoms with Gasteiger partial charge in [-0.3, -0.25) is 4.79 Å². The molecule has 0 heterocycles. The van der Waals surface area contributed by atoms with Crippen molar-refractivity contribution in [3.63, 3.8) is 0 Å². The van der Waals surface area contributed by atoms with Crippen LogP contribution in [0.3, 0.4) is 0 Å². The Hall–Kier alpha value is -1.62. The topological polar surface area (TPSA) is 83.8 Å². The fraction of sp³-hybridized carbons (Fsp3) is 0.727. The van der Waals surface area contributed by atoms with E-state index in [2.05, 4.69) is 11.7 Å².